The van der Waals surface area contributed by atoms with E-state index in [1.807, 2.05) is 18.2 Å². The lowest BCUT2D eigenvalue weighted by atomic mass is 9.87. The number of aromatic amines is 1. The number of hydrogen-bond donors (Lipinski definition) is 2. The molecule has 0 saturated heterocycles. The van der Waals surface area contributed by atoms with E-state index in [1.54, 1.807) is 24.3 Å². The summed E-state index contributed by atoms with van der Waals surface area (Å²) < 4.78 is 0. The first-order chi connectivity index (χ1) is 12.5. The van der Waals surface area contributed by atoms with Gasteiger partial charge in [-0.05, 0) is 80.1 Å². The number of amides is 1. The number of aromatic nitrogens is 1. The zero-order valence-electron chi connectivity index (χ0n) is 15.1. The molecule has 26 heavy (non-hydrogen) atoms. The molecule has 4 rings (SSSR count). The van der Waals surface area contributed by atoms with Crippen molar-refractivity contribution < 1.29 is 9.59 Å². The molecule has 3 aromatic rings. The lowest BCUT2D eigenvalue weighted by molar-refractivity contribution is 0.101. The topological polar surface area (TPSA) is 62.0 Å². The van der Waals surface area contributed by atoms with Gasteiger partial charge >= 0.3 is 0 Å². The normalized spacial score (nSPS) is 16.3. The molecule has 0 bridgehead atoms. The number of Topliss-reactive ketones (excluding diaryl/α,β-unsaturated/α-hetero) is 1. The van der Waals surface area contributed by atoms with Gasteiger partial charge in [0.25, 0.3) is 5.91 Å². The number of H-pyrrole nitrogens is 1. The summed E-state index contributed by atoms with van der Waals surface area (Å²) in [5.41, 5.74) is 5.75. The number of aryl methyl sites for hydroxylation is 1. The van der Waals surface area contributed by atoms with Crippen LogP contribution >= 0.6 is 0 Å². The van der Waals surface area contributed by atoms with Gasteiger partial charge in [0, 0.05) is 33.4 Å². The Kier molecular flexibility index (Phi) is 4.11. The van der Waals surface area contributed by atoms with Crippen LogP contribution in [0.2, 0.25) is 0 Å². The highest BCUT2D eigenvalue weighted by Crippen LogP contribution is 2.32. The molecule has 1 aromatic heterocycles. The average Bonchev–Trinajstić information content (AvgIpc) is 2.99. The molecular formula is C22H22N2O2. The van der Waals surface area contributed by atoms with Crippen molar-refractivity contribution in [3.05, 3.63) is 64.8 Å². The fraction of sp³-hybridized carbons (Fsp3) is 0.273. The first-order valence-electron chi connectivity index (χ1n) is 9.07. The smallest absolute Gasteiger partial charge is 0.255 e. The van der Waals surface area contributed by atoms with Crippen LogP contribution in [0.4, 0.5) is 5.69 Å². The lowest BCUT2D eigenvalue weighted by Gasteiger charge is -2.18. The number of fused-ring (bicyclic) bond motifs is 3. The molecule has 132 valence electrons. The van der Waals surface area contributed by atoms with E-state index in [4.69, 9.17) is 0 Å². The summed E-state index contributed by atoms with van der Waals surface area (Å²) in [6.07, 6.45) is 3.35. The molecule has 2 N–H and O–H groups in total. The Labute approximate surface area is 152 Å². The minimum Gasteiger partial charge on any atom is -0.358 e. The molecule has 2 aromatic carbocycles. The lowest BCUT2D eigenvalue weighted by Crippen LogP contribution is -2.12. The summed E-state index contributed by atoms with van der Waals surface area (Å²) in [6, 6.07) is 12.8. The number of ketones is 1. The van der Waals surface area contributed by atoms with Gasteiger partial charge < -0.3 is 10.3 Å². The SMILES string of the molecule is CC(=O)c1ccc(NC(=O)c2ccc3[nH]c4c(c3c2)CC(C)CC4)cc1. The Morgan fingerprint density at radius 1 is 1.08 bits per heavy atom. The van der Waals surface area contributed by atoms with Gasteiger partial charge in [-0.25, -0.2) is 0 Å². The van der Waals surface area contributed by atoms with Gasteiger partial charge in [-0.1, -0.05) is 6.92 Å². The van der Waals surface area contributed by atoms with Crippen LogP contribution in [0, 0.1) is 5.92 Å². The van der Waals surface area contributed by atoms with Gasteiger partial charge in [0.1, 0.15) is 0 Å². The number of benzene rings is 2. The van der Waals surface area contributed by atoms with Crippen molar-refractivity contribution in [2.75, 3.05) is 5.32 Å². The van der Waals surface area contributed by atoms with Gasteiger partial charge in [-0.15, -0.1) is 0 Å². The van der Waals surface area contributed by atoms with Crippen LogP contribution in [-0.2, 0) is 12.8 Å². The van der Waals surface area contributed by atoms with Crippen LogP contribution in [-0.4, -0.2) is 16.7 Å². The number of hydrogen-bond acceptors (Lipinski definition) is 2. The summed E-state index contributed by atoms with van der Waals surface area (Å²) in [5.74, 6) is 0.555. The highest BCUT2D eigenvalue weighted by Gasteiger charge is 2.20. The number of rotatable bonds is 3. The third-order valence-electron chi connectivity index (χ3n) is 5.25. The minimum absolute atomic E-state index is 0.0137. The van der Waals surface area contributed by atoms with E-state index in [0.717, 1.165) is 23.7 Å². The summed E-state index contributed by atoms with van der Waals surface area (Å²) in [6.45, 7) is 3.81. The second kappa shape index (κ2) is 6.45. The molecule has 1 unspecified atom stereocenters. The van der Waals surface area contributed by atoms with Crippen molar-refractivity contribution in [1.29, 1.82) is 0 Å². The molecular weight excluding hydrogens is 324 g/mol. The highest BCUT2D eigenvalue weighted by molar-refractivity contribution is 6.07. The van der Waals surface area contributed by atoms with E-state index in [1.165, 1.54) is 24.6 Å². The average molecular weight is 346 g/mol. The summed E-state index contributed by atoms with van der Waals surface area (Å²) in [7, 11) is 0. The van der Waals surface area contributed by atoms with E-state index >= 15 is 0 Å². The molecule has 0 spiro atoms. The van der Waals surface area contributed by atoms with Crippen molar-refractivity contribution in [2.45, 2.75) is 33.1 Å². The Morgan fingerprint density at radius 3 is 2.54 bits per heavy atom. The van der Waals surface area contributed by atoms with Crippen molar-refractivity contribution >= 4 is 28.3 Å². The molecule has 1 atom stereocenters. The maximum Gasteiger partial charge on any atom is 0.255 e. The Morgan fingerprint density at radius 2 is 1.81 bits per heavy atom. The van der Waals surface area contributed by atoms with Gasteiger partial charge in [0.2, 0.25) is 0 Å². The third-order valence-corrected chi connectivity index (χ3v) is 5.25. The number of carbonyl (C=O) groups excluding carboxylic acids is 2. The second-order valence-electron chi connectivity index (χ2n) is 7.28. The van der Waals surface area contributed by atoms with Gasteiger partial charge in [-0.2, -0.15) is 0 Å². The third kappa shape index (κ3) is 3.03. The molecule has 1 aliphatic rings. The zero-order valence-corrected chi connectivity index (χ0v) is 15.1. The molecule has 4 nitrogen and oxygen atoms in total. The molecule has 1 heterocycles. The molecule has 0 saturated carbocycles. The summed E-state index contributed by atoms with van der Waals surface area (Å²) >= 11 is 0. The van der Waals surface area contributed by atoms with Gasteiger partial charge in [-0.3, -0.25) is 9.59 Å². The Balaban J connectivity index is 1.60. The molecule has 4 heteroatoms. The quantitative estimate of drug-likeness (QED) is 0.672. The van der Waals surface area contributed by atoms with E-state index in [0.29, 0.717) is 22.7 Å². The molecule has 0 fully saturated rings. The van der Waals surface area contributed by atoms with E-state index in [2.05, 4.69) is 17.2 Å². The number of carbonyl (C=O) groups is 2. The maximum atomic E-state index is 12.6. The Bertz CT molecular complexity index is 999. The monoisotopic (exact) mass is 346 g/mol. The molecule has 0 radical (unpaired) electrons. The van der Waals surface area contributed by atoms with Gasteiger partial charge in [0.15, 0.2) is 5.78 Å². The first-order valence-corrected chi connectivity index (χ1v) is 9.07. The second-order valence-corrected chi connectivity index (χ2v) is 7.28. The largest absolute Gasteiger partial charge is 0.358 e. The van der Waals surface area contributed by atoms with Crippen LogP contribution in [0.5, 0.6) is 0 Å². The van der Waals surface area contributed by atoms with Crippen molar-refractivity contribution in [1.82, 2.24) is 4.98 Å². The van der Waals surface area contributed by atoms with Crippen LogP contribution in [0.25, 0.3) is 10.9 Å². The number of anilines is 1. The maximum absolute atomic E-state index is 12.6. The van der Waals surface area contributed by atoms with Crippen molar-refractivity contribution in [2.24, 2.45) is 5.92 Å². The predicted molar refractivity (Wildman–Crippen MR) is 104 cm³/mol. The van der Waals surface area contributed by atoms with Crippen molar-refractivity contribution in [3.8, 4) is 0 Å². The zero-order chi connectivity index (χ0) is 18.3. The minimum atomic E-state index is -0.138. The number of nitrogens with one attached hydrogen (secondary N) is 2. The Hall–Kier alpha value is -2.88. The van der Waals surface area contributed by atoms with E-state index in [-0.39, 0.29) is 11.7 Å². The molecule has 1 aliphatic carbocycles. The fourth-order valence-corrected chi connectivity index (χ4v) is 3.72. The van der Waals surface area contributed by atoms with Crippen LogP contribution in [0.1, 0.15) is 52.2 Å². The standard InChI is InChI=1S/C22H22N2O2/c1-13-3-9-20-18(11-13)19-12-16(6-10-21(19)24-20)22(26)23-17-7-4-15(5-8-17)14(2)25/h4-8,10,12-13,24H,3,9,11H2,1-2H3,(H,23,26). The predicted octanol–water partition coefficient (Wildman–Crippen LogP) is 4.75. The van der Waals surface area contributed by atoms with Gasteiger partial charge in [0.05, 0.1) is 0 Å². The summed E-state index contributed by atoms with van der Waals surface area (Å²) in [5, 5.41) is 4.07. The first kappa shape index (κ1) is 16.6. The summed E-state index contributed by atoms with van der Waals surface area (Å²) in [4.78, 5) is 27.5. The van der Waals surface area contributed by atoms with Crippen LogP contribution in [0.3, 0.4) is 0 Å². The highest BCUT2D eigenvalue weighted by atomic mass is 16.1. The van der Waals surface area contributed by atoms with E-state index in [9.17, 15) is 9.59 Å². The van der Waals surface area contributed by atoms with Crippen LogP contribution < -0.4 is 5.32 Å². The molecule has 1 amide bonds. The fourth-order valence-electron chi connectivity index (χ4n) is 3.72. The molecule has 0 aliphatic heterocycles. The van der Waals surface area contributed by atoms with Crippen molar-refractivity contribution in [3.63, 3.8) is 0 Å². The van der Waals surface area contributed by atoms with Crippen LogP contribution in [0.15, 0.2) is 42.5 Å². The van der Waals surface area contributed by atoms with E-state index < -0.39 is 0 Å².